The van der Waals surface area contributed by atoms with Gasteiger partial charge in [0, 0.05) is 13.1 Å². The SMILES string of the molecule is C[C@H]1C[C@H](C)CN(C(=O)COc2ccc(C#N)cc2)C1. The minimum absolute atomic E-state index is 0.0350. The summed E-state index contributed by atoms with van der Waals surface area (Å²) in [6, 6.07) is 8.85. The van der Waals surface area contributed by atoms with Crippen LogP contribution in [0.15, 0.2) is 24.3 Å². The zero-order chi connectivity index (χ0) is 14.5. The fourth-order valence-corrected chi connectivity index (χ4v) is 2.73. The number of rotatable bonds is 3. The van der Waals surface area contributed by atoms with E-state index in [9.17, 15) is 4.79 Å². The standard InChI is InChI=1S/C16H20N2O2/c1-12-7-13(2)10-18(9-12)16(19)11-20-15-5-3-14(8-17)4-6-15/h3-6,12-13H,7,9-11H2,1-2H3/t12-,13-/m0/s1. The Hall–Kier alpha value is -2.02. The molecule has 4 nitrogen and oxygen atoms in total. The van der Waals surface area contributed by atoms with E-state index < -0.39 is 0 Å². The average Bonchev–Trinajstić information content (AvgIpc) is 2.44. The van der Waals surface area contributed by atoms with Gasteiger partial charge in [-0.05, 0) is 42.5 Å². The predicted molar refractivity (Wildman–Crippen MR) is 76.2 cm³/mol. The summed E-state index contributed by atoms with van der Waals surface area (Å²) in [6.45, 7) is 6.06. The molecule has 1 aromatic carbocycles. The Morgan fingerprint density at radius 2 is 1.90 bits per heavy atom. The molecule has 0 aliphatic carbocycles. The third-order valence-electron chi connectivity index (χ3n) is 3.57. The Kier molecular flexibility index (Phi) is 4.62. The number of amides is 1. The molecule has 0 radical (unpaired) electrons. The number of nitrogens with zero attached hydrogens (tertiary/aromatic N) is 2. The van der Waals surface area contributed by atoms with Crippen LogP contribution in [0.4, 0.5) is 0 Å². The number of piperidine rings is 1. The molecule has 1 saturated heterocycles. The molecule has 1 heterocycles. The van der Waals surface area contributed by atoms with Gasteiger partial charge in [0.1, 0.15) is 5.75 Å². The number of hydrogen-bond acceptors (Lipinski definition) is 3. The van der Waals surface area contributed by atoms with Crippen molar-refractivity contribution in [3.8, 4) is 11.8 Å². The molecule has 4 heteroatoms. The van der Waals surface area contributed by atoms with Crippen molar-refractivity contribution in [1.29, 1.82) is 5.26 Å². The number of hydrogen-bond donors (Lipinski definition) is 0. The van der Waals surface area contributed by atoms with E-state index in [1.54, 1.807) is 24.3 Å². The molecule has 0 spiro atoms. The molecule has 1 aliphatic rings. The van der Waals surface area contributed by atoms with Crippen LogP contribution in [0.1, 0.15) is 25.8 Å². The van der Waals surface area contributed by atoms with Crippen molar-refractivity contribution in [1.82, 2.24) is 4.90 Å². The average molecular weight is 272 g/mol. The van der Waals surface area contributed by atoms with Gasteiger partial charge in [0.05, 0.1) is 11.6 Å². The molecule has 0 unspecified atom stereocenters. The first-order valence-corrected chi connectivity index (χ1v) is 6.99. The van der Waals surface area contributed by atoms with E-state index in [1.165, 1.54) is 6.42 Å². The summed E-state index contributed by atoms with van der Waals surface area (Å²) in [7, 11) is 0. The van der Waals surface area contributed by atoms with Gasteiger partial charge in [0.25, 0.3) is 5.91 Å². The summed E-state index contributed by atoms with van der Waals surface area (Å²) < 4.78 is 5.49. The van der Waals surface area contributed by atoms with Crippen LogP contribution in [0, 0.1) is 23.2 Å². The second-order valence-corrected chi connectivity index (χ2v) is 5.67. The molecule has 1 amide bonds. The van der Waals surface area contributed by atoms with Crippen LogP contribution in [-0.2, 0) is 4.79 Å². The van der Waals surface area contributed by atoms with Gasteiger partial charge in [-0.1, -0.05) is 13.8 Å². The lowest BCUT2D eigenvalue weighted by Gasteiger charge is -2.34. The van der Waals surface area contributed by atoms with Gasteiger partial charge in [-0.3, -0.25) is 4.79 Å². The largest absolute Gasteiger partial charge is 0.484 e. The molecule has 0 saturated carbocycles. The van der Waals surface area contributed by atoms with Gasteiger partial charge in [-0.25, -0.2) is 0 Å². The van der Waals surface area contributed by atoms with Crippen LogP contribution in [0.25, 0.3) is 0 Å². The normalized spacial score (nSPS) is 22.1. The van der Waals surface area contributed by atoms with Crippen molar-refractivity contribution in [2.24, 2.45) is 11.8 Å². The highest BCUT2D eigenvalue weighted by molar-refractivity contribution is 5.77. The lowest BCUT2D eigenvalue weighted by Crippen LogP contribution is -2.44. The fourth-order valence-electron chi connectivity index (χ4n) is 2.73. The maximum Gasteiger partial charge on any atom is 0.260 e. The van der Waals surface area contributed by atoms with E-state index in [1.807, 2.05) is 11.0 Å². The first-order chi connectivity index (χ1) is 9.58. The van der Waals surface area contributed by atoms with Crippen molar-refractivity contribution in [2.45, 2.75) is 20.3 Å². The van der Waals surface area contributed by atoms with E-state index in [2.05, 4.69) is 13.8 Å². The number of benzene rings is 1. The summed E-state index contributed by atoms with van der Waals surface area (Å²) in [6.07, 6.45) is 1.18. The highest BCUT2D eigenvalue weighted by Gasteiger charge is 2.25. The monoisotopic (exact) mass is 272 g/mol. The Labute approximate surface area is 120 Å². The molecule has 20 heavy (non-hydrogen) atoms. The molecular weight excluding hydrogens is 252 g/mol. The number of carbonyl (C=O) groups excluding carboxylic acids is 1. The van der Waals surface area contributed by atoms with Crippen molar-refractivity contribution in [3.63, 3.8) is 0 Å². The predicted octanol–water partition coefficient (Wildman–Crippen LogP) is 2.44. The molecular formula is C16H20N2O2. The van der Waals surface area contributed by atoms with Crippen LogP contribution in [0.2, 0.25) is 0 Å². The van der Waals surface area contributed by atoms with Gasteiger partial charge in [0.2, 0.25) is 0 Å². The Morgan fingerprint density at radius 1 is 1.30 bits per heavy atom. The van der Waals surface area contributed by atoms with Crippen LogP contribution in [0.5, 0.6) is 5.75 Å². The molecule has 2 atom stereocenters. The second kappa shape index (κ2) is 6.42. The van der Waals surface area contributed by atoms with Crippen LogP contribution >= 0.6 is 0 Å². The van der Waals surface area contributed by atoms with E-state index >= 15 is 0 Å². The molecule has 0 bridgehead atoms. The first-order valence-electron chi connectivity index (χ1n) is 6.99. The summed E-state index contributed by atoms with van der Waals surface area (Å²) in [5.41, 5.74) is 0.586. The van der Waals surface area contributed by atoms with Gasteiger partial charge < -0.3 is 9.64 Å². The highest BCUT2D eigenvalue weighted by atomic mass is 16.5. The Morgan fingerprint density at radius 3 is 2.45 bits per heavy atom. The van der Waals surface area contributed by atoms with E-state index in [4.69, 9.17) is 10.00 Å². The minimum atomic E-state index is 0.0350. The highest BCUT2D eigenvalue weighted by Crippen LogP contribution is 2.21. The third-order valence-corrected chi connectivity index (χ3v) is 3.57. The second-order valence-electron chi connectivity index (χ2n) is 5.67. The molecule has 1 aliphatic heterocycles. The van der Waals surface area contributed by atoms with Gasteiger partial charge in [-0.2, -0.15) is 5.26 Å². The quantitative estimate of drug-likeness (QED) is 0.849. The van der Waals surface area contributed by atoms with Gasteiger partial charge in [0.15, 0.2) is 6.61 Å². The summed E-state index contributed by atoms with van der Waals surface area (Å²) >= 11 is 0. The zero-order valence-electron chi connectivity index (χ0n) is 12.0. The van der Waals surface area contributed by atoms with Crippen LogP contribution in [-0.4, -0.2) is 30.5 Å². The van der Waals surface area contributed by atoms with E-state index in [0.717, 1.165) is 13.1 Å². The van der Waals surface area contributed by atoms with Crippen molar-refractivity contribution >= 4 is 5.91 Å². The van der Waals surface area contributed by atoms with E-state index in [0.29, 0.717) is 23.1 Å². The maximum atomic E-state index is 12.1. The maximum absolute atomic E-state index is 12.1. The zero-order valence-corrected chi connectivity index (χ0v) is 12.0. The van der Waals surface area contributed by atoms with Crippen LogP contribution < -0.4 is 4.74 Å². The molecule has 0 N–H and O–H groups in total. The molecule has 1 aromatic rings. The van der Waals surface area contributed by atoms with Crippen molar-refractivity contribution < 1.29 is 9.53 Å². The topological polar surface area (TPSA) is 53.3 Å². The summed E-state index contributed by atoms with van der Waals surface area (Å²) in [4.78, 5) is 14.0. The first kappa shape index (κ1) is 14.4. The lowest BCUT2D eigenvalue weighted by molar-refractivity contribution is -0.136. The Bertz CT molecular complexity index is 494. The van der Waals surface area contributed by atoms with Gasteiger partial charge >= 0.3 is 0 Å². The molecule has 0 aromatic heterocycles. The lowest BCUT2D eigenvalue weighted by atomic mass is 9.92. The van der Waals surface area contributed by atoms with Crippen LogP contribution in [0.3, 0.4) is 0 Å². The summed E-state index contributed by atoms with van der Waals surface area (Å²) in [5.74, 6) is 1.76. The van der Waals surface area contributed by atoms with Crippen molar-refractivity contribution in [3.05, 3.63) is 29.8 Å². The Balaban J connectivity index is 1.86. The third kappa shape index (κ3) is 3.74. The number of nitriles is 1. The number of carbonyl (C=O) groups is 1. The molecule has 2 rings (SSSR count). The van der Waals surface area contributed by atoms with E-state index in [-0.39, 0.29) is 12.5 Å². The van der Waals surface area contributed by atoms with Crippen molar-refractivity contribution in [2.75, 3.05) is 19.7 Å². The minimum Gasteiger partial charge on any atom is -0.484 e. The fraction of sp³-hybridized carbons (Fsp3) is 0.500. The molecule has 106 valence electrons. The smallest absolute Gasteiger partial charge is 0.260 e. The van der Waals surface area contributed by atoms with Gasteiger partial charge in [-0.15, -0.1) is 0 Å². The number of ether oxygens (including phenoxy) is 1. The molecule has 1 fully saturated rings. The summed E-state index contributed by atoms with van der Waals surface area (Å²) in [5, 5.41) is 8.71. The number of likely N-dealkylation sites (tertiary alicyclic amines) is 1.